The maximum Gasteiger partial charge on any atom is 0.224 e. The van der Waals surface area contributed by atoms with Crippen LogP contribution in [0, 0.1) is 0 Å². The fourth-order valence-corrected chi connectivity index (χ4v) is 2.22. The smallest absolute Gasteiger partial charge is 0.224 e. The first-order chi connectivity index (χ1) is 11.6. The van der Waals surface area contributed by atoms with E-state index >= 15 is 0 Å². The summed E-state index contributed by atoms with van der Waals surface area (Å²) in [6, 6.07) is 18.8. The van der Waals surface area contributed by atoms with Crippen molar-refractivity contribution in [1.82, 2.24) is 10.6 Å². The Bertz CT molecular complexity index is 587. The predicted octanol–water partition coefficient (Wildman–Crippen LogP) is 1.07. The molecular formula is C19H22N2O3. The third-order valence-corrected chi connectivity index (χ3v) is 3.48. The van der Waals surface area contributed by atoms with Crippen LogP contribution in [0.4, 0.5) is 0 Å². The number of aliphatic hydroxyl groups excluding tert-OH is 1. The molecule has 0 saturated heterocycles. The van der Waals surface area contributed by atoms with Crippen molar-refractivity contribution in [3.8, 4) is 0 Å². The fourth-order valence-electron chi connectivity index (χ4n) is 2.22. The number of hydrogen-bond donors (Lipinski definition) is 3. The molecule has 0 unspecified atom stereocenters. The molecule has 0 aliphatic rings. The molecule has 5 heteroatoms. The van der Waals surface area contributed by atoms with Crippen LogP contribution in [0.3, 0.4) is 0 Å². The maximum absolute atomic E-state index is 11.8. The Morgan fingerprint density at radius 1 is 0.750 bits per heavy atom. The number of aliphatic hydroxyl groups is 1. The van der Waals surface area contributed by atoms with Crippen LogP contribution in [0.1, 0.15) is 11.1 Å². The van der Waals surface area contributed by atoms with Crippen LogP contribution in [-0.4, -0.2) is 36.1 Å². The first-order valence-corrected chi connectivity index (χ1v) is 7.93. The topological polar surface area (TPSA) is 78.4 Å². The number of rotatable bonds is 8. The van der Waals surface area contributed by atoms with Gasteiger partial charge in [-0.3, -0.25) is 9.59 Å². The molecule has 24 heavy (non-hydrogen) atoms. The van der Waals surface area contributed by atoms with Crippen molar-refractivity contribution < 1.29 is 14.7 Å². The lowest BCUT2D eigenvalue weighted by Gasteiger charge is -2.13. The Hall–Kier alpha value is -2.66. The minimum atomic E-state index is -0.815. The highest BCUT2D eigenvalue weighted by molar-refractivity contribution is 5.79. The molecule has 0 aromatic heterocycles. The summed E-state index contributed by atoms with van der Waals surface area (Å²) in [5, 5.41) is 15.2. The van der Waals surface area contributed by atoms with E-state index in [2.05, 4.69) is 10.6 Å². The Balaban J connectivity index is 1.63. The number of carbonyl (C=O) groups excluding carboxylic acids is 2. The highest BCUT2D eigenvalue weighted by Crippen LogP contribution is 2.00. The Labute approximate surface area is 141 Å². The monoisotopic (exact) mass is 326 g/mol. The molecule has 2 rings (SSSR count). The first-order valence-electron chi connectivity index (χ1n) is 7.93. The van der Waals surface area contributed by atoms with Gasteiger partial charge in [0.1, 0.15) is 0 Å². The molecule has 0 heterocycles. The van der Waals surface area contributed by atoms with E-state index in [0.717, 1.165) is 11.1 Å². The Kier molecular flexibility index (Phi) is 6.98. The van der Waals surface area contributed by atoms with Crippen LogP contribution in [0.25, 0.3) is 0 Å². The van der Waals surface area contributed by atoms with Crippen molar-refractivity contribution in [2.75, 3.05) is 13.1 Å². The fraction of sp³-hybridized carbons (Fsp3) is 0.263. The SMILES string of the molecule is O=C(Cc1ccccc1)NCC(O)CNC(=O)Cc1ccccc1. The van der Waals surface area contributed by atoms with Gasteiger partial charge < -0.3 is 15.7 Å². The minimum absolute atomic E-state index is 0.108. The van der Waals surface area contributed by atoms with Gasteiger partial charge in [-0.25, -0.2) is 0 Å². The predicted molar refractivity (Wildman–Crippen MR) is 92.3 cm³/mol. The van der Waals surface area contributed by atoms with Crippen molar-refractivity contribution in [3.63, 3.8) is 0 Å². The highest BCUT2D eigenvalue weighted by Gasteiger charge is 2.10. The molecule has 2 aromatic rings. The van der Waals surface area contributed by atoms with Gasteiger partial charge in [-0.15, -0.1) is 0 Å². The van der Waals surface area contributed by atoms with Gasteiger partial charge >= 0.3 is 0 Å². The molecule has 0 bridgehead atoms. The van der Waals surface area contributed by atoms with Gasteiger partial charge in [0.05, 0.1) is 18.9 Å². The third kappa shape index (κ3) is 6.62. The van der Waals surface area contributed by atoms with Crippen LogP contribution < -0.4 is 10.6 Å². The zero-order valence-corrected chi connectivity index (χ0v) is 13.4. The molecule has 126 valence electrons. The van der Waals surface area contributed by atoms with Gasteiger partial charge in [-0.1, -0.05) is 60.7 Å². The lowest BCUT2D eigenvalue weighted by Crippen LogP contribution is -2.40. The van der Waals surface area contributed by atoms with Crippen molar-refractivity contribution in [2.24, 2.45) is 0 Å². The van der Waals surface area contributed by atoms with E-state index in [1.54, 1.807) is 0 Å². The van der Waals surface area contributed by atoms with E-state index in [1.165, 1.54) is 0 Å². The van der Waals surface area contributed by atoms with Gasteiger partial charge in [0.15, 0.2) is 0 Å². The molecule has 0 saturated carbocycles. The molecular weight excluding hydrogens is 304 g/mol. The molecule has 2 amide bonds. The first kappa shape index (κ1) is 17.7. The quantitative estimate of drug-likeness (QED) is 0.679. The molecule has 0 atom stereocenters. The summed E-state index contributed by atoms with van der Waals surface area (Å²) in [7, 11) is 0. The van der Waals surface area contributed by atoms with E-state index < -0.39 is 6.10 Å². The summed E-state index contributed by atoms with van der Waals surface area (Å²) >= 11 is 0. The van der Waals surface area contributed by atoms with Gasteiger partial charge in [-0.05, 0) is 11.1 Å². The van der Waals surface area contributed by atoms with Gasteiger partial charge in [0.25, 0.3) is 0 Å². The molecule has 0 aliphatic carbocycles. The number of nitrogens with one attached hydrogen (secondary N) is 2. The zero-order valence-electron chi connectivity index (χ0n) is 13.4. The summed E-state index contributed by atoms with van der Waals surface area (Å²) in [6.07, 6.45) is -0.272. The number of benzene rings is 2. The average molecular weight is 326 g/mol. The van der Waals surface area contributed by atoms with Gasteiger partial charge in [-0.2, -0.15) is 0 Å². The molecule has 5 nitrogen and oxygen atoms in total. The summed E-state index contributed by atoms with van der Waals surface area (Å²) in [4.78, 5) is 23.6. The highest BCUT2D eigenvalue weighted by atomic mass is 16.3. The van der Waals surface area contributed by atoms with Crippen molar-refractivity contribution in [1.29, 1.82) is 0 Å². The minimum Gasteiger partial charge on any atom is -0.389 e. The summed E-state index contributed by atoms with van der Waals surface area (Å²) in [5.74, 6) is -0.313. The van der Waals surface area contributed by atoms with E-state index in [0.29, 0.717) is 0 Å². The number of hydrogen-bond acceptors (Lipinski definition) is 3. The lowest BCUT2D eigenvalue weighted by atomic mass is 10.1. The Morgan fingerprint density at radius 3 is 1.50 bits per heavy atom. The van der Waals surface area contributed by atoms with Crippen molar-refractivity contribution in [2.45, 2.75) is 18.9 Å². The standard InChI is InChI=1S/C19H22N2O3/c22-17(13-20-18(23)11-15-7-3-1-4-8-15)14-21-19(24)12-16-9-5-2-6-10-16/h1-10,17,22H,11-14H2,(H,20,23)(H,21,24). The molecule has 0 fully saturated rings. The summed E-state index contributed by atoms with van der Waals surface area (Å²) < 4.78 is 0. The molecule has 2 aromatic carbocycles. The molecule has 0 aliphatic heterocycles. The second kappa shape index (κ2) is 9.47. The van der Waals surface area contributed by atoms with Gasteiger partial charge in [0.2, 0.25) is 11.8 Å². The third-order valence-electron chi connectivity index (χ3n) is 3.48. The Morgan fingerprint density at radius 2 is 1.12 bits per heavy atom. The average Bonchev–Trinajstić information content (AvgIpc) is 2.60. The van der Waals surface area contributed by atoms with Crippen LogP contribution in [-0.2, 0) is 22.4 Å². The van der Waals surface area contributed by atoms with E-state index in [-0.39, 0.29) is 37.7 Å². The van der Waals surface area contributed by atoms with Crippen LogP contribution in [0.2, 0.25) is 0 Å². The number of carbonyl (C=O) groups is 2. The normalized spacial score (nSPS) is 10.4. The summed E-state index contributed by atoms with van der Waals surface area (Å²) in [6.45, 7) is 0.217. The van der Waals surface area contributed by atoms with Crippen LogP contribution in [0.15, 0.2) is 60.7 Å². The zero-order chi connectivity index (χ0) is 17.2. The van der Waals surface area contributed by atoms with E-state index in [4.69, 9.17) is 0 Å². The van der Waals surface area contributed by atoms with E-state index in [1.807, 2.05) is 60.7 Å². The summed E-state index contributed by atoms with van der Waals surface area (Å²) in [5.41, 5.74) is 1.83. The van der Waals surface area contributed by atoms with E-state index in [9.17, 15) is 14.7 Å². The van der Waals surface area contributed by atoms with Crippen LogP contribution in [0.5, 0.6) is 0 Å². The van der Waals surface area contributed by atoms with Gasteiger partial charge in [0, 0.05) is 13.1 Å². The molecule has 0 spiro atoms. The molecule has 0 radical (unpaired) electrons. The van der Waals surface area contributed by atoms with Crippen molar-refractivity contribution in [3.05, 3.63) is 71.8 Å². The number of amides is 2. The maximum atomic E-state index is 11.8. The molecule has 3 N–H and O–H groups in total. The lowest BCUT2D eigenvalue weighted by molar-refractivity contribution is -0.120. The second-order valence-electron chi connectivity index (χ2n) is 5.59. The van der Waals surface area contributed by atoms with Crippen LogP contribution >= 0.6 is 0 Å². The van der Waals surface area contributed by atoms with Crippen molar-refractivity contribution >= 4 is 11.8 Å². The second-order valence-corrected chi connectivity index (χ2v) is 5.59. The largest absolute Gasteiger partial charge is 0.389 e.